The predicted octanol–water partition coefficient (Wildman–Crippen LogP) is 14.1. The molecule has 0 bridgehead atoms. The van der Waals surface area contributed by atoms with Crippen molar-refractivity contribution in [3.8, 4) is 17.1 Å². The molecule has 1 saturated heterocycles. The third kappa shape index (κ3) is 17.8. The predicted molar refractivity (Wildman–Crippen MR) is 350 cm³/mol. The van der Waals surface area contributed by atoms with Gasteiger partial charge in [-0.1, -0.05) is 137 Å². The minimum absolute atomic E-state index is 0.0143. The molecule has 8 aromatic rings. The Labute approximate surface area is 528 Å². The zero-order valence-corrected chi connectivity index (χ0v) is 55.6. The number of carbonyl (C=O) groups excluding carboxylic acids is 2. The van der Waals surface area contributed by atoms with Crippen LogP contribution in [0.2, 0.25) is 0 Å². The average molecular weight is 1290 g/mol. The fourth-order valence-electron chi connectivity index (χ4n) is 11.3. The van der Waals surface area contributed by atoms with E-state index in [0.29, 0.717) is 60.7 Å². The fourth-order valence-corrected chi connectivity index (χ4v) is 14.3. The van der Waals surface area contributed by atoms with E-state index in [0.717, 1.165) is 42.0 Å². The van der Waals surface area contributed by atoms with Crippen molar-refractivity contribution in [1.29, 1.82) is 0 Å². The number of azo groups is 1. The van der Waals surface area contributed by atoms with E-state index in [9.17, 15) is 30.4 Å². The number of benzene rings is 6. The molecule has 1 aliphatic heterocycles. The number of nitrogens with one attached hydrogen (secondary N) is 4. The lowest BCUT2D eigenvalue weighted by Crippen LogP contribution is -2.37. The van der Waals surface area contributed by atoms with Crippen molar-refractivity contribution in [2.75, 3.05) is 51.6 Å². The van der Waals surface area contributed by atoms with Gasteiger partial charge < -0.3 is 14.7 Å². The van der Waals surface area contributed by atoms with Gasteiger partial charge in [0.15, 0.2) is 17.3 Å². The highest BCUT2D eigenvalue weighted by Crippen LogP contribution is 2.43. The van der Waals surface area contributed by atoms with E-state index in [-0.39, 0.29) is 61.4 Å². The molecule has 90 heavy (non-hydrogen) atoms. The number of ether oxygens (including phenoxy) is 1. The standard InChI is InChI=1S/C46H57FN10O8S3.C19H24.CO2/c1-28-23-36(38(58)26-33(28)46(8,9)27-44(2,3)4)55-68(63,64)39-24-31(15-18-37(39)56-19-21-65-22-20-56)54-67(61,62)32-16-17-35(34(47)25-32)49-50-40-41(45(5,6)7)51-57-43(40)48-42(52-57)29-11-13-30(14-12-29)53-66(10,59)60;1-4-16(17-11-7-5-8-12-17)15-19(2,3)18-13-9-6-10-14-18;2-1-3/h11-18,23-26,51,53-55,58H,19-22,27H2,1-10H3;5-14,16H,4,15H2,1-3H3;. The molecule has 24 heteroatoms. The molecule has 0 amide bonds. The number of aryl methyl sites for hydroxylation is 1. The van der Waals surface area contributed by atoms with Gasteiger partial charge in [-0.15, -0.1) is 15.3 Å². The molecule has 1 aliphatic rings. The number of sulfonamides is 3. The Bertz CT molecular complexity index is 4230. The van der Waals surface area contributed by atoms with Crippen LogP contribution in [0, 0.1) is 18.2 Å². The first-order valence-corrected chi connectivity index (χ1v) is 34.2. The summed E-state index contributed by atoms with van der Waals surface area (Å²) in [6, 6.07) is 38.5. The molecule has 0 saturated carbocycles. The lowest BCUT2D eigenvalue weighted by molar-refractivity contribution is -0.191. The molecule has 6 aromatic carbocycles. The van der Waals surface area contributed by atoms with Gasteiger partial charge in [0, 0.05) is 29.8 Å². The number of aromatic hydroxyl groups is 1. The van der Waals surface area contributed by atoms with Gasteiger partial charge in [-0.05, 0) is 143 Å². The monoisotopic (exact) mass is 1290 g/mol. The molecule has 1 fully saturated rings. The van der Waals surface area contributed by atoms with Gasteiger partial charge in [0.05, 0.1) is 47.1 Å². The number of morpholine rings is 1. The van der Waals surface area contributed by atoms with Crippen LogP contribution in [0.4, 0.5) is 38.5 Å². The molecule has 9 rings (SSSR count). The molecule has 0 spiro atoms. The molecule has 1 atom stereocenters. The summed E-state index contributed by atoms with van der Waals surface area (Å²) in [5.74, 6) is -0.347. The van der Waals surface area contributed by atoms with Crippen molar-refractivity contribution in [3.05, 3.63) is 167 Å². The van der Waals surface area contributed by atoms with E-state index >= 15 is 4.39 Å². The zero-order valence-electron chi connectivity index (χ0n) is 53.1. The molecule has 0 radical (unpaired) electrons. The first-order chi connectivity index (χ1) is 42.0. The number of aromatic nitrogens is 4. The van der Waals surface area contributed by atoms with Crippen LogP contribution >= 0.6 is 0 Å². The third-order valence-corrected chi connectivity index (χ3v) is 18.6. The number of halogens is 1. The van der Waals surface area contributed by atoms with Crippen LogP contribution in [0.5, 0.6) is 5.75 Å². The second-order valence-electron chi connectivity index (χ2n) is 25.9. The highest BCUT2D eigenvalue weighted by atomic mass is 32.2. The average Bonchev–Trinajstić information content (AvgIpc) is 1.51. The first kappa shape index (κ1) is 69.2. The van der Waals surface area contributed by atoms with Crippen molar-refractivity contribution >= 4 is 76.0 Å². The van der Waals surface area contributed by atoms with Crippen LogP contribution in [0.3, 0.4) is 0 Å². The largest absolute Gasteiger partial charge is 0.506 e. The molecule has 3 heterocycles. The van der Waals surface area contributed by atoms with Gasteiger partial charge in [0.1, 0.15) is 16.3 Å². The van der Waals surface area contributed by atoms with E-state index in [1.807, 2.05) is 32.6 Å². The van der Waals surface area contributed by atoms with E-state index in [4.69, 9.17) is 14.3 Å². The Kier molecular flexibility index (Phi) is 21.4. The summed E-state index contributed by atoms with van der Waals surface area (Å²) in [5, 5.41) is 27.4. The summed E-state index contributed by atoms with van der Waals surface area (Å²) in [6.07, 6.45) is 4.49. The number of nitrogens with zero attached hydrogens (tertiary/aromatic N) is 6. The smallest absolute Gasteiger partial charge is 0.373 e. The minimum Gasteiger partial charge on any atom is -0.506 e. The number of hydrogen-bond acceptors (Lipinski definition) is 15. The summed E-state index contributed by atoms with van der Waals surface area (Å²) in [7, 11) is -12.5. The normalized spacial score (nSPS) is 13.8. The number of anilines is 4. The SMILES string of the molecule is CCC(CC(C)(C)c1ccccc1)c1ccccc1.Cc1cc(NS(=O)(=O)c2cc(NS(=O)(=O)c3ccc(N=Nc4c(C(C)(C)C)[nH]n5nc(-c6ccc(NS(C)(=O)=O)cc6)nc45)c(F)c3)ccc2N2CCOCC2)c(O)cc1C(C)(C)CC(C)(C)C.O=C=O. The fraction of sp³-hybridized carbons (Fsp3) is 0.379. The van der Waals surface area contributed by atoms with E-state index in [1.54, 1.807) is 36.4 Å². The van der Waals surface area contributed by atoms with Gasteiger partial charge in [-0.3, -0.25) is 19.3 Å². The van der Waals surface area contributed by atoms with Crippen molar-refractivity contribution in [2.45, 2.75) is 134 Å². The molecule has 2 aromatic heterocycles. The number of hydrogen-bond donors (Lipinski definition) is 5. The van der Waals surface area contributed by atoms with Gasteiger partial charge in [0.2, 0.25) is 15.7 Å². The van der Waals surface area contributed by atoms with Gasteiger partial charge in [-0.2, -0.15) is 14.2 Å². The first-order valence-electron chi connectivity index (χ1n) is 29.3. The van der Waals surface area contributed by atoms with Crippen LogP contribution in [-0.2, 0) is 60.6 Å². The highest BCUT2D eigenvalue weighted by Gasteiger charge is 2.32. The molecule has 5 N–H and O–H groups in total. The lowest BCUT2D eigenvalue weighted by atomic mass is 9.71. The Balaban J connectivity index is 0.000000440. The Morgan fingerprint density at radius 3 is 1.92 bits per heavy atom. The maximum atomic E-state index is 15.8. The second-order valence-corrected chi connectivity index (χ2v) is 31.0. The molecule has 480 valence electrons. The minimum atomic E-state index is -4.52. The van der Waals surface area contributed by atoms with Crippen LogP contribution in [0.15, 0.2) is 153 Å². The van der Waals surface area contributed by atoms with Crippen LogP contribution in [-0.4, -0.2) is 88.9 Å². The van der Waals surface area contributed by atoms with Gasteiger partial charge in [0.25, 0.3) is 20.0 Å². The Hall–Kier alpha value is -8.28. The Morgan fingerprint density at radius 1 is 0.733 bits per heavy atom. The van der Waals surface area contributed by atoms with E-state index in [2.05, 4.69) is 156 Å². The van der Waals surface area contributed by atoms with Crippen LogP contribution in [0.1, 0.15) is 129 Å². The summed E-state index contributed by atoms with van der Waals surface area (Å²) in [5.41, 5.74) is 5.79. The van der Waals surface area contributed by atoms with Crippen LogP contribution in [0.25, 0.3) is 17.0 Å². The highest BCUT2D eigenvalue weighted by molar-refractivity contribution is 7.93. The molecule has 0 aliphatic carbocycles. The quantitative estimate of drug-likeness (QED) is 0.0372. The number of phenols is 1. The zero-order chi connectivity index (χ0) is 66.2. The molecular formula is C66H81FN10O10S3. The molecular weight excluding hydrogens is 1210 g/mol. The summed E-state index contributed by atoms with van der Waals surface area (Å²) in [6.45, 7) is 26.6. The summed E-state index contributed by atoms with van der Waals surface area (Å²) >= 11 is 0. The van der Waals surface area contributed by atoms with Crippen molar-refractivity contribution in [1.82, 2.24) is 19.8 Å². The summed E-state index contributed by atoms with van der Waals surface area (Å²) in [4.78, 5) is 22.0. The van der Waals surface area contributed by atoms with E-state index < -0.39 is 46.2 Å². The third-order valence-electron chi connectivity index (χ3n) is 15.2. The summed E-state index contributed by atoms with van der Waals surface area (Å²) < 4.78 is 110. The maximum absolute atomic E-state index is 15.8. The van der Waals surface area contributed by atoms with Crippen molar-refractivity contribution in [3.63, 3.8) is 0 Å². The molecule has 20 nitrogen and oxygen atoms in total. The van der Waals surface area contributed by atoms with Crippen LogP contribution < -0.4 is 19.1 Å². The number of phenolic OH excluding ortho intramolecular Hbond substituents is 1. The lowest BCUT2D eigenvalue weighted by Gasteiger charge is -2.34. The van der Waals surface area contributed by atoms with Gasteiger partial charge in [-0.25, -0.2) is 34.6 Å². The van der Waals surface area contributed by atoms with Gasteiger partial charge >= 0.3 is 6.15 Å². The van der Waals surface area contributed by atoms with Crippen molar-refractivity contribution in [2.24, 2.45) is 15.6 Å². The molecule has 1 unspecified atom stereocenters. The number of H-pyrrole nitrogens is 1. The second kappa shape index (κ2) is 27.9. The maximum Gasteiger partial charge on any atom is 0.373 e. The number of fused-ring (bicyclic) bond motifs is 1. The van der Waals surface area contributed by atoms with E-state index in [1.165, 1.54) is 46.8 Å². The van der Waals surface area contributed by atoms with Crippen molar-refractivity contribution < 1.29 is 49.1 Å². The number of rotatable bonds is 19. The Morgan fingerprint density at radius 2 is 1.34 bits per heavy atom. The number of aromatic amines is 1. The topological polar surface area (TPSA) is 276 Å².